The zero-order chi connectivity index (χ0) is 39.5. The quantitative estimate of drug-likeness (QED) is 0.169. The molecule has 0 saturated heterocycles. The van der Waals surface area contributed by atoms with Crippen molar-refractivity contribution in [1.82, 2.24) is 9.97 Å². The number of nitrogens with zero attached hydrogens (tertiary/aromatic N) is 2. The predicted octanol–water partition coefficient (Wildman–Crippen LogP) is 15.1. The fourth-order valence-corrected chi connectivity index (χ4v) is 9.32. The van der Waals surface area contributed by atoms with Gasteiger partial charge in [-0.1, -0.05) is 196 Å². The van der Waals surface area contributed by atoms with Gasteiger partial charge in [-0.2, -0.15) is 0 Å². The average molecular weight is 753 g/mol. The summed E-state index contributed by atoms with van der Waals surface area (Å²) in [5.41, 5.74) is 17.3. The van der Waals surface area contributed by atoms with Crippen molar-refractivity contribution in [2.75, 3.05) is 0 Å². The molecule has 0 radical (unpaired) electrons. The van der Waals surface area contributed by atoms with Crippen LogP contribution in [0.15, 0.2) is 206 Å². The molecule has 0 spiro atoms. The Morgan fingerprint density at radius 1 is 0.322 bits per heavy atom. The normalized spacial score (nSPS) is 12.7. The molecule has 0 fully saturated rings. The molecular formula is C57H40N2. The molecule has 0 saturated carbocycles. The van der Waals surface area contributed by atoms with Crippen molar-refractivity contribution in [1.29, 1.82) is 0 Å². The molecule has 0 atom stereocenters. The first-order valence-electron chi connectivity index (χ1n) is 20.4. The lowest BCUT2D eigenvalue weighted by molar-refractivity contribution is 0.661. The van der Waals surface area contributed by atoms with E-state index < -0.39 is 0 Å². The van der Waals surface area contributed by atoms with E-state index in [0.717, 1.165) is 33.5 Å². The van der Waals surface area contributed by atoms with Gasteiger partial charge in [-0.15, -0.1) is 0 Å². The lowest BCUT2D eigenvalue weighted by Gasteiger charge is -2.22. The van der Waals surface area contributed by atoms with E-state index in [1.165, 1.54) is 71.8 Å². The number of benzene rings is 9. The largest absolute Gasteiger partial charge is 0.228 e. The minimum atomic E-state index is -0.123. The molecule has 1 aliphatic carbocycles. The molecule has 0 unspecified atom stereocenters. The van der Waals surface area contributed by atoms with Crippen molar-refractivity contribution in [3.63, 3.8) is 0 Å². The highest BCUT2D eigenvalue weighted by Crippen LogP contribution is 2.52. The molecule has 1 aliphatic rings. The van der Waals surface area contributed by atoms with Gasteiger partial charge < -0.3 is 0 Å². The number of hydrogen-bond donors (Lipinski definition) is 0. The standard InChI is InChI=1S/C57H40N2/c1-57(2)51-33-28-39-20-12-13-23-45(39)55(51)49-30-26-41(35-52(49)57)44-31-32-48(47-25-15-14-24-46(44)47)56-58-53(40-21-10-5-11-22-40)36-54(59-56)42-27-29-43(37-16-6-3-7-17-37)50(34-42)38-18-8-4-9-19-38/h3-36H,1-2H3. The van der Waals surface area contributed by atoms with E-state index in [9.17, 15) is 0 Å². The first-order chi connectivity index (χ1) is 29.0. The topological polar surface area (TPSA) is 25.8 Å². The molecule has 0 aliphatic heterocycles. The molecule has 1 aromatic heterocycles. The summed E-state index contributed by atoms with van der Waals surface area (Å²) in [6.07, 6.45) is 0. The third kappa shape index (κ3) is 5.87. The van der Waals surface area contributed by atoms with E-state index in [2.05, 4.69) is 214 Å². The van der Waals surface area contributed by atoms with Gasteiger partial charge in [-0.25, -0.2) is 9.97 Å². The fraction of sp³-hybridized carbons (Fsp3) is 0.0526. The highest BCUT2D eigenvalue weighted by Gasteiger charge is 2.36. The summed E-state index contributed by atoms with van der Waals surface area (Å²) < 4.78 is 0. The number of rotatable bonds is 6. The van der Waals surface area contributed by atoms with Gasteiger partial charge in [0.1, 0.15) is 0 Å². The van der Waals surface area contributed by atoms with E-state index >= 15 is 0 Å². The Bertz CT molecular complexity index is 3220. The van der Waals surface area contributed by atoms with E-state index in [1.807, 2.05) is 6.07 Å². The predicted molar refractivity (Wildman–Crippen MR) is 247 cm³/mol. The van der Waals surface area contributed by atoms with Gasteiger partial charge >= 0.3 is 0 Å². The minimum Gasteiger partial charge on any atom is -0.228 e. The van der Waals surface area contributed by atoms with Gasteiger partial charge in [0, 0.05) is 22.1 Å². The average Bonchev–Trinajstić information content (AvgIpc) is 3.54. The third-order valence-corrected chi connectivity index (χ3v) is 12.3. The second kappa shape index (κ2) is 13.9. The Kier molecular flexibility index (Phi) is 8.20. The number of aromatic nitrogens is 2. The van der Waals surface area contributed by atoms with Crippen molar-refractivity contribution in [3.05, 3.63) is 217 Å². The molecule has 0 bridgehead atoms. The summed E-state index contributed by atoms with van der Waals surface area (Å²) in [5, 5.41) is 4.90. The van der Waals surface area contributed by atoms with Crippen LogP contribution >= 0.6 is 0 Å². The van der Waals surface area contributed by atoms with Gasteiger partial charge in [-0.3, -0.25) is 0 Å². The van der Waals surface area contributed by atoms with Crippen molar-refractivity contribution in [3.8, 4) is 78.4 Å². The maximum absolute atomic E-state index is 5.39. The fourth-order valence-electron chi connectivity index (χ4n) is 9.32. The van der Waals surface area contributed by atoms with E-state index in [0.29, 0.717) is 5.82 Å². The first-order valence-corrected chi connectivity index (χ1v) is 20.4. The summed E-state index contributed by atoms with van der Waals surface area (Å²) in [6, 6.07) is 74.2. The van der Waals surface area contributed by atoms with E-state index in [1.54, 1.807) is 0 Å². The van der Waals surface area contributed by atoms with Crippen LogP contribution in [0, 0.1) is 0 Å². The third-order valence-electron chi connectivity index (χ3n) is 12.3. The van der Waals surface area contributed by atoms with Crippen LogP contribution in [-0.2, 0) is 5.41 Å². The lowest BCUT2D eigenvalue weighted by Crippen LogP contribution is -2.15. The van der Waals surface area contributed by atoms with Crippen molar-refractivity contribution in [2.24, 2.45) is 0 Å². The molecule has 59 heavy (non-hydrogen) atoms. The smallest absolute Gasteiger partial charge is 0.161 e. The molecule has 2 nitrogen and oxygen atoms in total. The molecule has 11 rings (SSSR count). The molecule has 278 valence electrons. The summed E-state index contributed by atoms with van der Waals surface area (Å²) in [6.45, 7) is 4.73. The molecule has 10 aromatic rings. The van der Waals surface area contributed by atoms with Crippen molar-refractivity contribution < 1.29 is 0 Å². The van der Waals surface area contributed by atoms with Gasteiger partial charge in [0.25, 0.3) is 0 Å². The highest BCUT2D eigenvalue weighted by atomic mass is 14.9. The molecular weight excluding hydrogens is 713 g/mol. The van der Waals surface area contributed by atoms with Crippen molar-refractivity contribution in [2.45, 2.75) is 19.3 Å². The van der Waals surface area contributed by atoms with Crippen LogP contribution in [0.1, 0.15) is 25.0 Å². The molecule has 1 heterocycles. The summed E-state index contributed by atoms with van der Waals surface area (Å²) >= 11 is 0. The zero-order valence-corrected chi connectivity index (χ0v) is 33.0. The molecule has 0 N–H and O–H groups in total. The second-order valence-corrected chi connectivity index (χ2v) is 16.1. The van der Waals surface area contributed by atoms with Crippen LogP contribution in [-0.4, -0.2) is 9.97 Å². The number of fused-ring (bicyclic) bond motifs is 6. The monoisotopic (exact) mass is 752 g/mol. The Balaban J connectivity index is 1.07. The Morgan fingerprint density at radius 2 is 0.847 bits per heavy atom. The van der Waals surface area contributed by atoms with Gasteiger partial charge in [0.2, 0.25) is 0 Å². The van der Waals surface area contributed by atoms with Gasteiger partial charge in [-0.05, 0) is 101 Å². The highest BCUT2D eigenvalue weighted by molar-refractivity contribution is 6.06. The van der Waals surface area contributed by atoms with Gasteiger partial charge in [0.05, 0.1) is 11.4 Å². The van der Waals surface area contributed by atoms with Crippen LogP contribution in [0.25, 0.3) is 100.0 Å². The molecule has 0 amide bonds. The molecule has 2 heteroatoms. The van der Waals surface area contributed by atoms with Gasteiger partial charge in [0.15, 0.2) is 5.82 Å². The van der Waals surface area contributed by atoms with E-state index in [4.69, 9.17) is 9.97 Å². The first kappa shape index (κ1) is 34.8. The zero-order valence-electron chi connectivity index (χ0n) is 33.0. The summed E-state index contributed by atoms with van der Waals surface area (Å²) in [5.74, 6) is 0.704. The second-order valence-electron chi connectivity index (χ2n) is 16.1. The Morgan fingerprint density at radius 3 is 1.56 bits per heavy atom. The summed E-state index contributed by atoms with van der Waals surface area (Å²) in [7, 11) is 0. The SMILES string of the molecule is CC1(C)c2cc(-c3ccc(-c4nc(-c5ccccc5)cc(-c5ccc(-c6ccccc6)c(-c6ccccc6)c5)n4)c4ccccc34)ccc2-c2c1ccc1ccccc21. The Hall–Kier alpha value is -7.42. The van der Waals surface area contributed by atoms with Crippen molar-refractivity contribution >= 4 is 21.5 Å². The van der Waals surface area contributed by atoms with Crippen LogP contribution in [0.2, 0.25) is 0 Å². The number of hydrogen-bond acceptors (Lipinski definition) is 2. The van der Waals surface area contributed by atoms with Crippen LogP contribution in [0.4, 0.5) is 0 Å². The van der Waals surface area contributed by atoms with Crippen LogP contribution in [0.5, 0.6) is 0 Å². The van der Waals surface area contributed by atoms with Crippen LogP contribution < -0.4 is 0 Å². The maximum Gasteiger partial charge on any atom is 0.161 e. The maximum atomic E-state index is 5.39. The Labute approximate surface area is 345 Å². The van der Waals surface area contributed by atoms with E-state index in [-0.39, 0.29) is 5.41 Å². The molecule has 9 aromatic carbocycles. The van der Waals surface area contributed by atoms with Crippen LogP contribution in [0.3, 0.4) is 0 Å². The minimum absolute atomic E-state index is 0.123. The lowest BCUT2D eigenvalue weighted by atomic mass is 9.81. The summed E-state index contributed by atoms with van der Waals surface area (Å²) in [4.78, 5) is 10.7.